The normalized spacial score (nSPS) is 20.3. The molecule has 1 aliphatic rings. The average Bonchev–Trinajstić information content (AvgIpc) is 2.32. The van der Waals surface area contributed by atoms with Crippen molar-refractivity contribution < 1.29 is 28.3 Å². The Kier molecular flexibility index (Phi) is 4.33. The summed E-state index contributed by atoms with van der Waals surface area (Å²) in [6.07, 6.45) is -1.10. The molecule has 0 spiro atoms. The number of amides is 1. The number of alkyl carbamates (subject to hydrolysis) is 1. The second-order valence-electron chi connectivity index (χ2n) is 3.91. The Morgan fingerprint density at radius 3 is 2.75 bits per heavy atom. The summed E-state index contributed by atoms with van der Waals surface area (Å²) in [7, 11) is 0. The van der Waals surface area contributed by atoms with E-state index in [2.05, 4.69) is 4.74 Å². The largest absolute Gasteiger partial charge is 0.508 e. The monoisotopic (exact) mass is 310 g/mol. The SMILES string of the molecule is Cl.O=C1N[C@@H](c2cc(O)ccc2[N+](=O)[O-])C(F)(F)CO1. The van der Waals surface area contributed by atoms with E-state index in [0.29, 0.717) is 0 Å². The Labute approximate surface area is 117 Å². The molecule has 2 rings (SSSR count). The number of ether oxygens (including phenoxy) is 1. The van der Waals surface area contributed by atoms with Gasteiger partial charge < -0.3 is 15.2 Å². The summed E-state index contributed by atoms with van der Waals surface area (Å²) in [5.41, 5.74) is -1.10. The van der Waals surface area contributed by atoms with Crippen molar-refractivity contribution in [3.63, 3.8) is 0 Å². The van der Waals surface area contributed by atoms with Gasteiger partial charge in [0.2, 0.25) is 0 Å². The zero-order valence-corrected chi connectivity index (χ0v) is 10.5. The lowest BCUT2D eigenvalue weighted by Crippen LogP contribution is -2.49. The third-order valence-electron chi connectivity index (χ3n) is 2.60. The fraction of sp³-hybridized carbons (Fsp3) is 0.300. The molecule has 1 aliphatic heterocycles. The predicted octanol–water partition coefficient (Wildman–Crippen LogP) is 2.14. The molecule has 0 saturated carbocycles. The van der Waals surface area contributed by atoms with E-state index in [4.69, 9.17) is 0 Å². The first-order chi connectivity index (χ1) is 8.81. The first kappa shape index (κ1) is 15.9. The van der Waals surface area contributed by atoms with Crippen LogP contribution in [-0.2, 0) is 4.74 Å². The summed E-state index contributed by atoms with van der Waals surface area (Å²) in [5, 5.41) is 21.9. The maximum atomic E-state index is 13.7. The van der Waals surface area contributed by atoms with Gasteiger partial charge in [-0.1, -0.05) is 0 Å². The third kappa shape index (κ3) is 2.87. The lowest BCUT2D eigenvalue weighted by atomic mass is 9.98. The highest BCUT2D eigenvalue weighted by molar-refractivity contribution is 5.85. The molecule has 1 heterocycles. The van der Waals surface area contributed by atoms with Gasteiger partial charge in [0.05, 0.1) is 10.5 Å². The minimum Gasteiger partial charge on any atom is -0.508 e. The lowest BCUT2D eigenvalue weighted by Gasteiger charge is -2.31. The number of phenols is 1. The van der Waals surface area contributed by atoms with Crippen LogP contribution in [0.3, 0.4) is 0 Å². The number of alkyl halides is 2. The number of rotatable bonds is 2. The van der Waals surface area contributed by atoms with E-state index in [-0.39, 0.29) is 12.4 Å². The number of hydrogen-bond acceptors (Lipinski definition) is 5. The van der Waals surface area contributed by atoms with Gasteiger partial charge in [0.25, 0.3) is 5.69 Å². The third-order valence-corrected chi connectivity index (χ3v) is 2.60. The van der Waals surface area contributed by atoms with Crippen LogP contribution >= 0.6 is 12.4 Å². The van der Waals surface area contributed by atoms with Gasteiger partial charge in [-0.05, 0) is 12.1 Å². The second kappa shape index (κ2) is 5.45. The maximum Gasteiger partial charge on any atom is 0.408 e. The number of aromatic hydroxyl groups is 1. The van der Waals surface area contributed by atoms with Crippen LogP contribution in [-0.4, -0.2) is 28.7 Å². The fourth-order valence-electron chi connectivity index (χ4n) is 1.75. The van der Waals surface area contributed by atoms with Gasteiger partial charge in [0, 0.05) is 6.07 Å². The number of carbonyl (C=O) groups is 1. The van der Waals surface area contributed by atoms with E-state index >= 15 is 0 Å². The summed E-state index contributed by atoms with van der Waals surface area (Å²) in [6.45, 7) is -1.18. The minimum absolute atomic E-state index is 0. The molecule has 20 heavy (non-hydrogen) atoms. The Hall–Kier alpha value is -2.16. The number of carbonyl (C=O) groups excluding carboxylic acids is 1. The number of halogens is 3. The number of hydrogen-bond donors (Lipinski definition) is 2. The molecule has 10 heteroatoms. The van der Waals surface area contributed by atoms with Crippen LogP contribution in [0.4, 0.5) is 19.3 Å². The number of cyclic esters (lactones) is 1. The van der Waals surface area contributed by atoms with Gasteiger partial charge >= 0.3 is 12.0 Å². The van der Waals surface area contributed by atoms with Crippen molar-refractivity contribution in [2.45, 2.75) is 12.0 Å². The summed E-state index contributed by atoms with van der Waals surface area (Å²) in [5.74, 6) is -3.94. The summed E-state index contributed by atoms with van der Waals surface area (Å²) >= 11 is 0. The van der Waals surface area contributed by atoms with Crippen molar-refractivity contribution in [1.29, 1.82) is 0 Å². The standard InChI is InChI=1S/C10H8F2N2O5.ClH/c11-10(12)4-19-9(16)13-8(10)6-3-5(15)1-2-7(6)14(17)18;/h1-3,8,15H,4H2,(H,13,16);1H/t8-;/m0./s1. The highest BCUT2D eigenvalue weighted by Gasteiger charge is 2.49. The zero-order valence-electron chi connectivity index (χ0n) is 9.71. The summed E-state index contributed by atoms with van der Waals surface area (Å²) in [4.78, 5) is 20.9. The van der Waals surface area contributed by atoms with Crippen LogP contribution in [0.25, 0.3) is 0 Å². The molecule has 0 aromatic heterocycles. The number of nitrogens with one attached hydrogen (secondary N) is 1. The number of nitro groups is 1. The molecule has 0 radical (unpaired) electrons. The zero-order chi connectivity index (χ0) is 14.2. The Morgan fingerprint density at radius 1 is 1.50 bits per heavy atom. The van der Waals surface area contributed by atoms with E-state index in [9.17, 15) is 28.8 Å². The quantitative estimate of drug-likeness (QED) is 0.643. The molecule has 1 fully saturated rings. The molecule has 110 valence electrons. The molecule has 7 nitrogen and oxygen atoms in total. The molecular formula is C10H9ClF2N2O5. The van der Waals surface area contributed by atoms with Crippen LogP contribution in [0.2, 0.25) is 0 Å². The molecule has 0 unspecified atom stereocenters. The van der Waals surface area contributed by atoms with Crippen LogP contribution < -0.4 is 5.32 Å². The van der Waals surface area contributed by atoms with E-state index in [1.807, 2.05) is 5.32 Å². The van der Waals surface area contributed by atoms with Crippen molar-refractivity contribution in [2.75, 3.05) is 6.61 Å². The minimum atomic E-state index is -3.52. The van der Waals surface area contributed by atoms with E-state index < -0.39 is 46.6 Å². The first-order valence-corrected chi connectivity index (χ1v) is 5.09. The Morgan fingerprint density at radius 2 is 2.15 bits per heavy atom. The maximum absolute atomic E-state index is 13.7. The first-order valence-electron chi connectivity index (χ1n) is 5.09. The molecular weight excluding hydrogens is 302 g/mol. The molecule has 0 aliphatic carbocycles. The molecule has 2 N–H and O–H groups in total. The van der Waals surface area contributed by atoms with Crippen molar-refractivity contribution >= 4 is 24.2 Å². The number of phenolic OH excluding ortho intramolecular Hbond substituents is 1. The van der Waals surface area contributed by atoms with Crippen LogP contribution in [0.15, 0.2) is 18.2 Å². The van der Waals surface area contributed by atoms with Crippen molar-refractivity contribution in [3.05, 3.63) is 33.9 Å². The molecule has 1 aromatic rings. The van der Waals surface area contributed by atoms with Crippen molar-refractivity contribution in [1.82, 2.24) is 5.32 Å². The Bertz CT molecular complexity index is 554. The van der Waals surface area contributed by atoms with Crippen LogP contribution in [0.5, 0.6) is 5.75 Å². The van der Waals surface area contributed by atoms with Gasteiger partial charge in [0.15, 0.2) is 6.61 Å². The second-order valence-corrected chi connectivity index (χ2v) is 3.91. The van der Waals surface area contributed by atoms with Gasteiger partial charge in [-0.2, -0.15) is 0 Å². The van der Waals surface area contributed by atoms with Crippen LogP contribution in [0, 0.1) is 10.1 Å². The highest BCUT2D eigenvalue weighted by atomic mass is 35.5. The van der Waals surface area contributed by atoms with E-state index in [0.717, 1.165) is 18.2 Å². The van der Waals surface area contributed by atoms with Crippen molar-refractivity contribution in [3.8, 4) is 5.75 Å². The van der Waals surface area contributed by atoms with Crippen LogP contribution in [0.1, 0.15) is 11.6 Å². The Balaban J connectivity index is 0.00000200. The predicted molar refractivity (Wildman–Crippen MR) is 64.2 cm³/mol. The number of benzene rings is 1. The summed E-state index contributed by atoms with van der Waals surface area (Å²) < 4.78 is 31.5. The van der Waals surface area contributed by atoms with E-state index in [1.165, 1.54) is 0 Å². The molecule has 1 amide bonds. The average molecular weight is 311 g/mol. The van der Waals surface area contributed by atoms with Gasteiger partial charge in [-0.3, -0.25) is 10.1 Å². The lowest BCUT2D eigenvalue weighted by molar-refractivity contribution is -0.386. The number of nitro benzene ring substituents is 1. The fourth-order valence-corrected chi connectivity index (χ4v) is 1.75. The highest BCUT2D eigenvalue weighted by Crippen LogP contribution is 2.39. The van der Waals surface area contributed by atoms with Gasteiger partial charge in [-0.15, -0.1) is 12.4 Å². The smallest absolute Gasteiger partial charge is 0.408 e. The summed E-state index contributed by atoms with van der Waals surface area (Å²) in [6, 6.07) is 0.784. The van der Waals surface area contributed by atoms with Gasteiger partial charge in [-0.25, -0.2) is 13.6 Å². The number of nitrogens with zero attached hydrogens (tertiary/aromatic N) is 1. The van der Waals surface area contributed by atoms with E-state index in [1.54, 1.807) is 0 Å². The molecule has 1 aromatic carbocycles. The molecule has 1 atom stereocenters. The molecule has 1 saturated heterocycles. The topological polar surface area (TPSA) is 102 Å². The van der Waals surface area contributed by atoms with Crippen molar-refractivity contribution in [2.24, 2.45) is 0 Å². The van der Waals surface area contributed by atoms with Gasteiger partial charge in [0.1, 0.15) is 11.8 Å². The molecule has 0 bridgehead atoms.